The van der Waals surface area contributed by atoms with Crippen LogP contribution in [0.3, 0.4) is 0 Å². The van der Waals surface area contributed by atoms with Crippen LogP contribution in [0, 0.1) is 0 Å². The molecule has 0 amide bonds. The number of ether oxygens (including phenoxy) is 2. The van der Waals surface area contributed by atoms with Crippen LogP contribution in [0.2, 0.25) is 0 Å². The number of nitrogens with two attached hydrogens (primary N) is 2. The summed E-state index contributed by atoms with van der Waals surface area (Å²) in [4.78, 5) is 0. The molecule has 0 saturated heterocycles. The lowest BCUT2D eigenvalue weighted by Crippen LogP contribution is -2.25. The van der Waals surface area contributed by atoms with Gasteiger partial charge in [-0.25, -0.2) is 0 Å². The Kier molecular flexibility index (Phi) is 12.0. The van der Waals surface area contributed by atoms with Gasteiger partial charge in [-0.15, -0.1) is 0 Å². The highest BCUT2D eigenvalue weighted by atomic mass is 31.1. The molecule has 0 aromatic carbocycles. The normalized spacial score (nSPS) is 16.4. The lowest BCUT2D eigenvalue weighted by molar-refractivity contribution is 0.109. The van der Waals surface area contributed by atoms with Crippen LogP contribution in [0.25, 0.3) is 0 Å². The quantitative estimate of drug-likeness (QED) is 0.310. The van der Waals surface area contributed by atoms with E-state index in [4.69, 9.17) is 30.0 Å². The largest absolute Gasteiger partial charge is 0.385 e. The molecule has 0 aromatic heterocycles. The predicted octanol–water partition coefficient (Wildman–Crippen LogP) is 0.832. The summed E-state index contributed by atoms with van der Waals surface area (Å²) < 4.78 is 31.2. The molecule has 0 heterocycles. The summed E-state index contributed by atoms with van der Waals surface area (Å²) in [7, 11) is 0.574. The van der Waals surface area contributed by atoms with Crippen LogP contribution in [-0.4, -0.2) is 39.9 Å². The molecular formula is C10H25N2O5P. The minimum atomic E-state index is -2.64. The van der Waals surface area contributed by atoms with Gasteiger partial charge in [0.15, 0.2) is 0 Å². The number of hydrogen-bond acceptors (Lipinski definition) is 7. The maximum atomic E-state index is 11.4. The maximum Gasteiger partial charge on any atom is 0.322 e. The Bertz CT molecular complexity index is 200. The SMILES string of the molecule is COCCCC(N)O[PH](=O)OC(N)CCCOC. The Morgan fingerprint density at radius 2 is 1.33 bits per heavy atom. The predicted molar refractivity (Wildman–Crippen MR) is 69.3 cm³/mol. The van der Waals surface area contributed by atoms with Gasteiger partial charge in [-0.1, -0.05) is 0 Å². The van der Waals surface area contributed by atoms with Gasteiger partial charge in [0.25, 0.3) is 0 Å². The highest BCUT2D eigenvalue weighted by molar-refractivity contribution is 7.33. The Balaban J connectivity index is 3.61. The molecule has 0 aliphatic carbocycles. The molecule has 0 saturated carbocycles. The van der Waals surface area contributed by atoms with Gasteiger partial charge in [-0.3, -0.25) is 13.6 Å². The maximum absolute atomic E-state index is 11.4. The third-order valence-electron chi connectivity index (χ3n) is 2.17. The fourth-order valence-corrected chi connectivity index (χ4v) is 2.04. The van der Waals surface area contributed by atoms with Crippen molar-refractivity contribution in [3.05, 3.63) is 0 Å². The summed E-state index contributed by atoms with van der Waals surface area (Å²) in [5.41, 5.74) is 11.2. The minimum Gasteiger partial charge on any atom is -0.385 e. The highest BCUT2D eigenvalue weighted by Crippen LogP contribution is 2.27. The van der Waals surface area contributed by atoms with E-state index in [1.165, 1.54) is 0 Å². The van der Waals surface area contributed by atoms with Crippen molar-refractivity contribution in [2.24, 2.45) is 11.5 Å². The molecule has 0 radical (unpaired) electrons. The molecule has 0 rings (SSSR count). The zero-order valence-corrected chi connectivity index (χ0v) is 12.1. The molecule has 7 nitrogen and oxygen atoms in total. The molecule has 110 valence electrons. The average molecular weight is 284 g/mol. The molecule has 0 aliphatic rings. The van der Waals surface area contributed by atoms with Gasteiger partial charge in [0.1, 0.15) is 12.5 Å². The van der Waals surface area contributed by atoms with Crippen molar-refractivity contribution in [2.75, 3.05) is 27.4 Å². The van der Waals surface area contributed by atoms with E-state index >= 15 is 0 Å². The van der Waals surface area contributed by atoms with E-state index in [-0.39, 0.29) is 0 Å². The summed E-state index contributed by atoms with van der Waals surface area (Å²) in [6.07, 6.45) is 1.38. The first-order valence-corrected chi connectivity index (χ1v) is 7.19. The summed E-state index contributed by atoms with van der Waals surface area (Å²) in [5, 5.41) is 0. The molecule has 0 aromatic rings. The summed E-state index contributed by atoms with van der Waals surface area (Å²) >= 11 is 0. The third-order valence-corrected chi connectivity index (χ3v) is 3.16. The molecular weight excluding hydrogens is 259 g/mol. The van der Waals surface area contributed by atoms with Crippen LogP contribution < -0.4 is 11.5 Å². The van der Waals surface area contributed by atoms with E-state index in [1.54, 1.807) is 14.2 Å². The number of rotatable bonds is 12. The van der Waals surface area contributed by atoms with Crippen molar-refractivity contribution in [3.63, 3.8) is 0 Å². The lowest BCUT2D eigenvalue weighted by atomic mass is 10.3. The molecule has 0 aliphatic heterocycles. The van der Waals surface area contributed by atoms with Crippen LogP contribution in [-0.2, 0) is 23.1 Å². The van der Waals surface area contributed by atoms with Crippen LogP contribution in [0.15, 0.2) is 0 Å². The Hall–Kier alpha value is -0.0100. The first kappa shape index (κ1) is 18.0. The lowest BCUT2D eigenvalue weighted by Gasteiger charge is -2.15. The summed E-state index contributed by atoms with van der Waals surface area (Å²) in [5.74, 6) is 0. The molecule has 0 fully saturated rings. The van der Waals surface area contributed by atoms with Crippen molar-refractivity contribution in [3.8, 4) is 0 Å². The van der Waals surface area contributed by atoms with Gasteiger partial charge < -0.3 is 20.9 Å². The van der Waals surface area contributed by atoms with E-state index in [9.17, 15) is 4.57 Å². The molecule has 0 spiro atoms. The zero-order valence-electron chi connectivity index (χ0n) is 11.1. The van der Waals surface area contributed by atoms with Gasteiger partial charge in [0.05, 0.1) is 0 Å². The van der Waals surface area contributed by atoms with Gasteiger partial charge >= 0.3 is 8.25 Å². The molecule has 18 heavy (non-hydrogen) atoms. The van der Waals surface area contributed by atoms with Gasteiger partial charge in [0, 0.05) is 27.4 Å². The van der Waals surface area contributed by atoms with Gasteiger partial charge in [0.2, 0.25) is 0 Å². The third kappa shape index (κ3) is 11.1. The zero-order chi connectivity index (χ0) is 13.8. The van der Waals surface area contributed by atoms with Crippen molar-refractivity contribution in [1.29, 1.82) is 0 Å². The smallest absolute Gasteiger partial charge is 0.322 e. The van der Waals surface area contributed by atoms with Crippen LogP contribution in [0.1, 0.15) is 25.7 Å². The van der Waals surface area contributed by atoms with Crippen molar-refractivity contribution >= 4 is 8.25 Å². The first-order valence-electron chi connectivity index (χ1n) is 5.96. The fraction of sp³-hybridized carbons (Fsp3) is 1.00. The van der Waals surface area contributed by atoms with Crippen LogP contribution in [0.5, 0.6) is 0 Å². The summed E-state index contributed by atoms with van der Waals surface area (Å²) in [6, 6.07) is 0. The average Bonchev–Trinajstić information content (AvgIpc) is 2.29. The van der Waals surface area contributed by atoms with Crippen molar-refractivity contribution in [2.45, 2.75) is 38.1 Å². The Morgan fingerprint density at radius 1 is 0.944 bits per heavy atom. The molecule has 8 heteroatoms. The monoisotopic (exact) mass is 284 g/mol. The molecule has 2 atom stereocenters. The van der Waals surface area contributed by atoms with Crippen LogP contribution in [0.4, 0.5) is 0 Å². The van der Waals surface area contributed by atoms with Crippen molar-refractivity contribution in [1.82, 2.24) is 0 Å². The number of methoxy groups -OCH3 is 2. The van der Waals surface area contributed by atoms with E-state index in [0.29, 0.717) is 26.1 Å². The van der Waals surface area contributed by atoms with Crippen molar-refractivity contribution < 1.29 is 23.1 Å². The van der Waals surface area contributed by atoms with Crippen LogP contribution >= 0.6 is 8.25 Å². The second-order valence-corrected chi connectivity index (χ2v) is 4.80. The Labute approximate surface area is 109 Å². The van der Waals surface area contributed by atoms with E-state index in [0.717, 1.165) is 12.8 Å². The number of hydrogen-bond donors (Lipinski definition) is 2. The second-order valence-electron chi connectivity index (χ2n) is 3.83. The topological polar surface area (TPSA) is 106 Å². The first-order chi connectivity index (χ1) is 8.60. The molecule has 0 bridgehead atoms. The van der Waals surface area contributed by atoms with E-state index < -0.39 is 20.7 Å². The second kappa shape index (κ2) is 12.0. The standard InChI is InChI=1S/C10H25N2O5P/c1-14-7-3-5-9(11)16-18(13)17-10(12)6-4-8-15-2/h9-10,18H,3-8,11-12H2,1-2H3. The van der Waals surface area contributed by atoms with E-state index in [2.05, 4.69) is 0 Å². The van der Waals surface area contributed by atoms with Gasteiger partial charge in [-0.2, -0.15) is 0 Å². The molecule has 4 N–H and O–H groups in total. The molecule has 2 unspecified atom stereocenters. The fourth-order valence-electron chi connectivity index (χ4n) is 1.25. The summed E-state index contributed by atoms with van der Waals surface area (Å²) in [6.45, 7) is 1.19. The minimum absolute atomic E-state index is 0.562. The Morgan fingerprint density at radius 3 is 1.67 bits per heavy atom. The van der Waals surface area contributed by atoms with Gasteiger partial charge in [-0.05, 0) is 25.7 Å². The highest BCUT2D eigenvalue weighted by Gasteiger charge is 2.12. The van der Waals surface area contributed by atoms with E-state index in [1.807, 2.05) is 0 Å².